The Morgan fingerprint density at radius 2 is 2.47 bits per heavy atom. The average molecular weight is 252 g/mol. The number of aromatic nitrogens is 3. The number of carboxylic acid groups (broad SMARTS) is 1. The predicted molar refractivity (Wildman–Crippen MR) is 56.5 cm³/mol. The Hall–Kier alpha value is -0.950. The molecule has 0 amide bonds. The Morgan fingerprint density at radius 3 is 3.00 bits per heavy atom. The van der Waals surface area contributed by atoms with Crippen LogP contribution in [0.1, 0.15) is 6.92 Å². The van der Waals surface area contributed by atoms with Gasteiger partial charge in [0.2, 0.25) is 0 Å². The van der Waals surface area contributed by atoms with Crippen molar-refractivity contribution in [2.75, 3.05) is 5.75 Å². The van der Waals surface area contributed by atoms with Crippen LogP contribution < -0.4 is 5.69 Å². The molecule has 0 aliphatic carbocycles. The van der Waals surface area contributed by atoms with Crippen LogP contribution in [-0.2, 0) is 11.3 Å². The SMILES string of the molecule is CCn1c(SCC(Cl)C(=O)O)n[nH]c1=O. The quantitative estimate of drug-likeness (QED) is 0.583. The van der Waals surface area contributed by atoms with Crippen molar-refractivity contribution in [1.29, 1.82) is 0 Å². The zero-order valence-corrected chi connectivity index (χ0v) is 9.51. The molecule has 0 spiro atoms. The van der Waals surface area contributed by atoms with E-state index >= 15 is 0 Å². The molecule has 0 saturated carbocycles. The molecule has 0 radical (unpaired) electrons. The zero-order chi connectivity index (χ0) is 11.4. The molecule has 1 rings (SSSR count). The summed E-state index contributed by atoms with van der Waals surface area (Å²) in [4.78, 5) is 21.6. The number of halogens is 1. The summed E-state index contributed by atoms with van der Waals surface area (Å²) in [5, 5.41) is 14.1. The standard InChI is InChI=1S/C7H10ClN3O3S/c1-2-11-6(14)9-10-7(11)15-3-4(8)5(12)13/h4H,2-3H2,1H3,(H,9,14)(H,12,13). The van der Waals surface area contributed by atoms with Crippen LogP contribution in [0.15, 0.2) is 9.95 Å². The highest BCUT2D eigenvalue weighted by molar-refractivity contribution is 7.99. The van der Waals surface area contributed by atoms with Crippen molar-refractivity contribution in [1.82, 2.24) is 14.8 Å². The van der Waals surface area contributed by atoms with Crippen LogP contribution in [0.5, 0.6) is 0 Å². The number of nitrogens with one attached hydrogen (secondary N) is 1. The van der Waals surface area contributed by atoms with Crippen LogP contribution in [-0.4, -0.2) is 37.0 Å². The summed E-state index contributed by atoms with van der Waals surface area (Å²) in [6.07, 6.45) is 0. The van der Waals surface area contributed by atoms with E-state index in [4.69, 9.17) is 16.7 Å². The molecule has 1 aromatic heterocycles. The van der Waals surface area contributed by atoms with Gasteiger partial charge >= 0.3 is 11.7 Å². The van der Waals surface area contributed by atoms with Crippen molar-refractivity contribution in [3.05, 3.63) is 10.5 Å². The molecule has 2 N–H and O–H groups in total. The number of carbonyl (C=O) groups is 1. The van der Waals surface area contributed by atoms with Gasteiger partial charge in [0.05, 0.1) is 0 Å². The molecule has 0 bridgehead atoms. The number of alkyl halides is 1. The second-order valence-electron chi connectivity index (χ2n) is 2.67. The number of rotatable bonds is 5. The molecule has 8 heteroatoms. The maximum atomic E-state index is 11.1. The van der Waals surface area contributed by atoms with Gasteiger partial charge in [-0.05, 0) is 6.92 Å². The molecule has 6 nitrogen and oxygen atoms in total. The summed E-state index contributed by atoms with van der Waals surface area (Å²) in [7, 11) is 0. The Labute approximate surface area is 94.6 Å². The second-order valence-corrected chi connectivity index (χ2v) is 4.19. The van der Waals surface area contributed by atoms with Crippen LogP contribution in [0.4, 0.5) is 0 Å². The first kappa shape index (κ1) is 12.1. The zero-order valence-electron chi connectivity index (χ0n) is 7.94. The Morgan fingerprint density at radius 1 is 1.80 bits per heavy atom. The summed E-state index contributed by atoms with van der Waals surface area (Å²) in [6, 6.07) is 0. The highest BCUT2D eigenvalue weighted by Crippen LogP contribution is 2.16. The largest absolute Gasteiger partial charge is 0.480 e. The lowest BCUT2D eigenvalue weighted by Crippen LogP contribution is -2.18. The van der Waals surface area contributed by atoms with E-state index in [0.29, 0.717) is 11.7 Å². The number of aromatic amines is 1. The summed E-state index contributed by atoms with van der Waals surface area (Å²) < 4.78 is 1.41. The van der Waals surface area contributed by atoms with E-state index in [9.17, 15) is 9.59 Å². The Kier molecular flexibility index (Phi) is 4.22. The van der Waals surface area contributed by atoms with Gasteiger partial charge in [0.25, 0.3) is 0 Å². The first-order valence-electron chi connectivity index (χ1n) is 4.21. The number of hydrogen-bond donors (Lipinski definition) is 2. The lowest BCUT2D eigenvalue weighted by Gasteiger charge is -2.03. The summed E-state index contributed by atoms with van der Waals surface area (Å²) in [5.74, 6) is -0.911. The van der Waals surface area contributed by atoms with Crippen molar-refractivity contribution in [2.24, 2.45) is 0 Å². The number of H-pyrrole nitrogens is 1. The Bertz CT molecular complexity index is 402. The molecule has 1 heterocycles. The van der Waals surface area contributed by atoms with Gasteiger partial charge in [-0.3, -0.25) is 9.36 Å². The normalized spacial score (nSPS) is 12.7. The predicted octanol–water partition coefficient (Wildman–Crippen LogP) is 0.375. The lowest BCUT2D eigenvalue weighted by molar-refractivity contribution is -0.136. The average Bonchev–Trinajstić information content (AvgIpc) is 2.55. The van der Waals surface area contributed by atoms with E-state index in [-0.39, 0.29) is 11.4 Å². The fourth-order valence-electron chi connectivity index (χ4n) is 0.911. The first-order valence-corrected chi connectivity index (χ1v) is 5.63. The van der Waals surface area contributed by atoms with Crippen LogP contribution in [0.3, 0.4) is 0 Å². The highest BCUT2D eigenvalue weighted by atomic mass is 35.5. The van der Waals surface area contributed by atoms with Crippen molar-refractivity contribution < 1.29 is 9.90 Å². The second kappa shape index (κ2) is 5.22. The number of nitrogens with zero attached hydrogens (tertiary/aromatic N) is 2. The summed E-state index contributed by atoms with van der Waals surface area (Å²) in [6.45, 7) is 2.29. The Balaban J connectivity index is 2.65. The number of carboxylic acids is 1. The van der Waals surface area contributed by atoms with Gasteiger partial charge in [-0.1, -0.05) is 11.8 Å². The van der Waals surface area contributed by atoms with Gasteiger partial charge in [-0.2, -0.15) is 0 Å². The third-order valence-electron chi connectivity index (χ3n) is 1.67. The third kappa shape index (κ3) is 3.00. The third-order valence-corrected chi connectivity index (χ3v) is 3.26. The smallest absolute Gasteiger partial charge is 0.343 e. The van der Waals surface area contributed by atoms with Crippen molar-refractivity contribution >= 4 is 29.3 Å². The van der Waals surface area contributed by atoms with Gasteiger partial charge in [0.15, 0.2) is 5.16 Å². The number of thioether (sulfide) groups is 1. The minimum atomic E-state index is -1.08. The molecule has 0 aromatic carbocycles. The van der Waals surface area contributed by atoms with E-state index in [2.05, 4.69) is 10.2 Å². The topological polar surface area (TPSA) is 88.0 Å². The van der Waals surface area contributed by atoms with Crippen molar-refractivity contribution in [2.45, 2.75) is 24.0 Å². The molecule has 1 aromatic rings. The molecule has 15 heavy (non-hydrogen) atoms. The number of aliphatic carboxylic acids is 1. The molecule has 0 aliphatic rings. The first-order chi connectivity index (χ1) is 7.06. The van der Waals surface area contributed by atoms with Gasteiger partial charge in [0.1, 0.15) is 5.38 Å². The van der Waals surface area contributed by atoms with Crippen molar-refractivity contribution in [3.63, 3.8) is 0 Å². The minimum absolute atomic E-state index is 0.168. The maximum Gasteiger partial charge on any atom is 0.343 e. The molecule has 0 saturated heterocycles. The highest BCUT2D eigenvalue weighted by Gasteiger charge is 2.16. The van der Waals surface area contributed by atoms with Gasteiger partial charge in [0, 0.05) is 12.3 Å². The molecule has 1 atom stereocenters. The van der Waals surface area contributed by atoms with E-state index in [0.717, 1.165) is 11.8 Å². The number of hydrogen-bond acceptors (Lipinski definition) is 4. The fraction of sp³-hybridized carbons (Fsp3) is 0.571. The van der Waals surface area contributed by atoms with E-state index in [1.165, 1.54) is 4.57 Å². The molecule has 84 valence electrons. The van der Waals surface area contributed by atoms with Crippen LogP contribution in [0, 0.1) is 0 Å². The van der Waals surface area contributed by atoms with E-state index in [1.807, 2.05) is 0 Å². The van der Waals surface area contributed by atoms with Crippen LogP contribution >= 0.6 is 23.4 Å². The molecule has 1 unspecified atom stereocenters. The summed E-state index contributed by atoms with van der Waals surface area (Å²) >= 11 is 6.66. The summed E-state index contributed by atoms with van der Waals surface area (Å²) in [5.41, 5.74) is -0.304. The van der Waals surface area contributed by atoms with Crippen LogP contribution in [0.25, 0.3) is 0 Å². The van der Waals surface area contributed by atoms with E-state index < -0.39 is 11.3 Å². The minimum Gasteiger partial charge on any atom is -0.480 e. The monoisotopic (exact) mass is 251 g/mol. The maximum absolute atomic E-state index is 11.1. The van der Waals surface area contributed by atoms with Gasteiger partial charge in [-0.15, -0.1) is 16.7 Å². The fourth-order valence-corrected chi connectivity index (χ4v) is 2.02. The molecule has 0 aliphatic heterocycles. The van der Waals surface area contributed by atoms with Gasteiger partial charge in [-0.25, -0.2) is 9.89 Å². The van der Waals surface area contributed by atoms with Gasteiger partial charge < -0.3 is 5.11 Å². The van der Waals surface area contributed by atoms with Crippen molar-refractivity contribution in [3.8, 4) is 0 Å². The molecule has 0 fully saturated rings. The molecular formula is C7H10ClN3O3S. The lowest BCUT2D eigenvalue weighted by atomic mass is 10.5. The van der Waals surface area contributed by atoms with Crippen LogP contribution in [0.2, 0.25) is 0 Å². The van der Waals surface area contributed by atoms with E-state index in [1.54, 1.807) is 6.92 Å². The molecular weight excluding hydrogens is 242 g/mol.